The fourth-order valence-electron chi connectivity index (χ4n) is 2.43. The summed E-state index contributed by atoms with van der Waals surface area (Å²) in [4.78, 5) is 2.21. The van der Waals surface area contributed by atoms with Crippen molar-refractivity contribution in [1.82, 2.24) is 4.90 Å². The zero-order valence-corrected chi connectivity index (χ0v) is 13.8. The van der Waals surface area contributed by atoms with E-state index in [-0.39, 0.29) is 18.5 Å². The number of benzene rings is 1. The Hall–Kier alpha value is -0.870. The van der Waals surface area contributed by atoms with Crippen molar-refractivity contribution in [3.05, 3.63) is 51.9 Å². The van der Waals surface area contributed by atoms with Crippen LogP contribution in [-0.2, 0) is 6.54 Å². The minimum Gasteiger partial charge on any atom is -0.484 e. The van der Waals surface area contributed by atoms with Crippen molar-refractivity contribution in [3.63, 3.8) is 0 Å². The third-order valence-corrected chi connectivity index (χ3v) is 4.02. The molecule has 0 bridgehead atoms. The van der Waals surface area contributed by atoms with Gasteiger partial charge in [0.1, 0.15) is 17.6 Å². The van der Waals surface area contributed by atoms with Crippen LogP contribution in [0.1, 0.15) is 23.8 Å². The topological polar surface area (TPSA) is 25.6 Å². The van der Waals surface area contributed by atoms with E-state index in [1.807, 2.05) is 6.07 Å². The van der Waals surface area contributed by atoms with Gasteiger partial charge in [0.2, 0.25) is 0 Å². The molecular formula is C15H16Cl3NO2. The maximum atomic E-state index is 6.17. The Morgan fingerprint density at radius 1 is 1.29 bits per heavy atom. The van der Waals surface area contributed by atoms with E-state index in [1.165, 1.54) is 0 Å². The molecule has 21 heavy (non-hydrogen) atoms. The lowest BCUT2D eigenvalue weighted by Crippen LogP contribution is -2.18. The van der Waals surface area contributed by atoms with Crippen LogP contribution >= 0.6 is 35.6 Å². The number of furan rings is 1. The molecule has 3 rings (SSSR count). The first-order valence-electron chi connectivity index (χ1n) is 6.50. The van der Waals surface area contributed by atoms with Crippen LogP contribution in [0.15, 0.2) is 34.9 Å². The van der Waals surface area contributed by atoms with Crippen LogP contribution in [0.3, 0.4) is 0 Å². The normalized spacial score (nSPS) is 18.5. The Kier molecular flexibility index (Phi) is 5.44. The maximum absolute atomic E-state index is 6.17. The number of halogens is 3. The molecule has 0 amide bonds. The molecule has 0 radical (unpaired) electrons. The van der Waals surface area contributed by atoms with Gasteiger partial charge in [-0.15, -0.1) is 12.4 Å². The molecule has 1 aromatic heterocycles. The number of nitrogens with zero attached hydrogens (tertiary/aromatic N) is 1. The summed E-state index contributed by atoms with van der Waals surface area (Å²) in [6.45, 7) is 1.73. The van der Waals surface area contributed by atoms with Crippen LogP contribution in [0.25, 0.3) is 0 Å². The molecule has 0 saturated carbocycles. The molecule has 0 N–H and O–H groups in total. The van der Waals surface area contributed by atoms with Gasteiger partial charge in [0, 0.05) is 29.6 Å². The van der Waals surface area contributed by atoms with Gasteiger partial charge in [-0.25, -0.2) is 0 Å². The van der Waals surface area contributed by atoms with Crippen LogP contribution < -0.4 is 4.74 Å². The lowest BCUT2D eigenvalue weighted by Gasteiger charge is -2.18. The van der Waals surface area contributed by atoms with Crippen molar-refractivity contribution in [1.29, 1.82) is 0 Å². The molecule has 3 nitrogen and oxygen atoms in total. The molecule has 0 aliphatic carbocycles. The standard InChI is InChI=1S/C15H15Cl2NO2.ClH/c1-18-6-4-13(11-5-7-19-15(11)9-18)20-14-8-10(16)2-3-12(14)17;/h2-3,5,7-8,13H,4,6,9H2,1H3;1H. The number of rotatable bonds is 2. The van der Waals surface area contributed by atoms with Crippen LogP contribution in [0.2, 0.25) is 10.0 Å². The van der Waals surface area contributed by atoms with Gasteiger partial charge in [0.05, 0.1) is 17.8 Å². The second kappa shape index (κ2) is 6.93. The second-order valence-corrected chi connectivity index (χ2v) is 5.85. The predicted octanol–water partition coefficient (Wildman–Crippen LogP) is 4.96. The Morgan fingerprint density at radius 3 is 2.90 bits per heavy atom. The lowest BCUT2D eigenvalue weighted by molar-refractivity contribution is 0.183. The highest BCUT2D eigenvalue weighted by Gasteiger charge is 2.25. The maximum Gasteiger partial charge on any atom is 0.140 e. The van der Waals surface area contributed by atoms with Gasteiger partial charge in [-0.1, -0.05) is 23.2 Å². The molecule has 2 aromatic rings. The highest BCUT2D eigenvalue weighted by atomic mass is 35.5. The van der Waals surface area contributed by atoms with Crippen molar-refractivity contribution in [3.8, 4) is 5.75 Å². The summed E-state index contributed by atoms with van der Waals surface area (Å²) in [6, 6.07) is 7.22. The van der Waals surface area contributed by atoms with E-state index < -0.39 is 0 Å². The molecule has 1 aliphatic heterocycles. The number of hydrogen-bond acceptors (Lipinski definition) is 3. The Morgan fingerprint density at radius 2 is 2.10 bits per heavy atom. The third kappa shape index (κ3) is 3.67. The van der Waals surface area contributed by atoms with E-state index in [0.29, 0.717) is 15.8 Å². The Balaban J connectivity index is 0.00000161. The average Bonchev–Trinajstić information content (AvgIpc) is 2.81. The van der Waals surface area contributed by atoms with Gasteiger partial charge in [-0.3, -0.25) is 4.90 Å². The highest BCUT2D eigenvalue weighted by Crippen LogP contribution is 2.35. The van der Waals surface area contributed by atoms with E-state index in [2.05, 4.69) is 11.9 Å². The van der Waals surface area contributed by atoms with Crippen molar-refractivity contribution in [2.24, 2.45) is 0 Å². The van der Waals surface area contributed by atoms with Crippen LogP contribution in [0, 0.1) is 0 Å². The Bertz CT molecular complexity index is 615. The van der Waals surface area contributed by atoms with Gasteiger partial charge in [0.25, 0.3) is 0 Å². The SMILES string of the molecule is CN1CCC(Oc2cc(Cl)ccc2Cl)c2ccoc2C1.Cl. The summed E-state index contributed by atoms with van der Waals surface area (Å²) in [7, 11) is 2.07. The minimum absolute atomic E-state index is 0. The zero-order chi connectivity index (χ0) is 14.1. The lowest BCUT2D eigenvalue weighted by atomic mass is 10.1. The van der Waals surface area contributed by atoms with Crippen molar-refractivity contribution in [2.75, 3.05) is 13.6 Å². The molecule has 1 aromatic carbocycles. The summed E-state index contributed by atoms with van der Waals surface area (Å²) < 4.78 is 11.6. The first-order chi connectivity index (χ1) is 9.63. The zero-order valence-electron chi connectivity index (χ0n) is 11.5. The molecule has 1 aliphatic rings. The second-order valence-electron chi connectivity index (χ2n) is 5.01. The van der Waals surface area contributed by atoms with Crippen LogP contribution in [0.5, 0.6) is 5.75 Å². The third-order valence-electron chi connectivity index (χ3n) is 3.48. The van der Waals surface area contributed by atoms with E-state index in [0.717, 1.165) is 30.8 Å². The molecule has 6 heteroatoms. The minimum atomic E-state index is -0.0651. The molecule has 1 atom stereocenters. The largest absolute Gasteiger partial charge is 0.484 e. The first-order valence-corrected chi connectivity index (χ1v) is 7.25. The van der Waals surface area contributed by atoms with Gasteiger partial charge >= 0.3 is 0 Å². The monoisotopic (exact) mass is 347 g/mol. The molecule has 2 heterocycles. The summed E-state index contributed by atoms with van der Waals surface area (Å²) in [5.41, 5.74) is 1.09. The van der Waals surface area contributed by atoms with Crippen LogP contribution in [-0.4, -0.2) is 18.5 Å². The fourth-order valence-corrected chi connectivity index (χ4v) is 2.75. The van der Waals surface area contributed by atoms with E-state index in [4.69, 9.17) is 32.4 Å². The number of fused-ring (bicyclic) bond motifs is 1. The average molecular weight is 349 g/mol. The fraction of sp³-hybridized carbons (Fsp3) is 0.333. The van der Waals surface area contributed by atoms with E-state index in [1.54, 1.807) is 24.5 Å². The summed E-state index contributed by atoms with van der Waals surface area (Å²) in [5.74, 6) is 1.56. The Labute approximate surface area is 140 Å². The highest BCUT2D eigenvalue weighted by molar-refractivity contribution is 6.34. The quantitative estimate of drug-likeness (QED) is 0.766. The van der Waals surface area contributed by atoms with E-state index in [9.17, 15) is 0 Å². The van der Waals surface area contributed by atoms with Gasteiger partial charge in [0.15, 0.2) is 0 Å². The first kappa shape index (κ1) is 16.5. The molecule has 0 fully saturated rings. The molecular weight excluding hydrogens is 333 g/mol. The van der Waals surface area contributed by atoms with Crippen molar-refractivity contribution >= 4 is 35.6 Å². The molecule has 114 valence electrons. The van der Waals surface area contributed by atoms with Gasteiger partial charge in [-0.05, 0) is 25.2 Å². The van der Waals surface area contributed by atoms with Gasteiger partial charge < -0.3 is 9.15 Å². The van der Waals surface area contributed by atoms with Crippen molar-refractivity contribution in [2.45, 2.75) is 19.1 Å². The van der Waals surface area contributed by atoms with Crippen LogP contribution in [0.4, 0.5) is 0 Å². The molecule has 0 spiro atoms. The number of hydrogen-bond donors (Lipinski definition) is 0. The molecule has 1 unspecified atom stereocenters. The summed E-state index contributed by atoms with van der Waals surface area (Å²) in [5, 5.41) is 1.18. The number of ether oxygens (including phenoxy) is 1. The van der Waals surface area contributed by atoms with Gasteiger partial charge in [-0.2, -0.15) is 0 Å². The predicted molar refractivity (Wildman–Crippen MR) is 86.7 cm³/mol. The smallest absolute Gasteiger partial charge is 0.140 e. The van der Waals surface area contributed by atoms with Crippen molar-refractivity contribution < 1.29 is 9.15 Å². The van der Waals surface area contributed by atoms with E-state index >= 15 is 0 Å². The summed E-state index contributed by atoms with van der Waals surface area (Å²) >= 11 is 12.2. The summed E-state index contributed by atoms with van der Waals surface area (Å²) in [6.07, 6.45) is 2.52. The molecule has 0 saturated heterocycles.